The first-order chi connectivity index (χ1) is 9.78. The van der Waals surface area contributed by atoms with Gasteiger partial charge in [-0.25, -0.2) is 4.79 Å². The van der Waals surface area contributed by atoms with Crippen LogP contribution in [-0.2, 0) is 14.3 Å². The van der Waals surface area contributed by atoms with E-state index in [1.54, 1.807) is 31.2 Å². The van der Waals surface area contributed by atoms with E-state index >= 15 is 0 Å². The molecule has 0 bridgehead atoms. The molecule has 0 radical (unpaired) electrons. The highest BCUT2D eigenvalue weighted by atomic mass is 16.6. The van der Waals surface area contributed by atoms with Crippen molar-refractivity contribution in [3.63, 3.8) is 0 Å². The topological polar surface area (TPSA) is 78.6 Å². The van der Waals surface area contributed by atoms with Gasteiger partial charge in [0, 0.05) is 6.54 Å². The second-order valence-electron chi connectivity index (χ2n) is 5.66. The molecule has 1 unspecified atom stereocenters. The van der Waals surface area contributed by atoms with Crippen molar-refractivity contribution in [3.05, 3.63) is 35.4 Å². The molecule has 0 saturated carbocycles. The first-order valence-electron chi connectivity index (χ1n) is 6.98. The third kappa shape index (κ3) is 5.19. The van der Waals surface area contributed by atoms with Crippen LogP contribution < -0.4 is 5.73 Å². The summed E-state index contributed by atoms with van der Waals surface area (Å²) in [5, 5.41) is 0. The van der Waals surface area contributed by atoms with Gasteiger partial charge in [0.15, 0.2) is 0 Å². The standard InChI is InChI=1S/C16H23NO4/c1-5-20-14(18)12-8-6-11(7-9-12)13(10-17)15(19)21-16(2,3)4/h6-9,13H,5,10,17H2,1-4H3. The highest BCUT2D eigenvalue weighted by Crippen LogP contribution is 2.20. The van der Waals surface area contributed by atoms with Gasteiger partial charge < -0.3 is 15.2 Å². The summed E-state index contributed by atoms with van der Waals surface area (Å²) in [5.41, 5.74) is 6.28. The summed E-state index contributed by atoms with van der Waals surface area (Å²) in [5.74, 6) is -1.29. The normalized spacial score (nSPS) is 12.6. The zero-order valence-electron chi connectivity index (χ0n) is 13.0. The van der Waals surface area contributed by atoms with Crippen molar-refractivity contribution in [2.75, 3.05) is 13.2 Å². The van der Waals surface area contributed by atoms with Crippen LogP contribution in [-0.4, -0.2) is 30.7 Å². The first kappa shape index (κ1) is 17.2. The second kappa shape index (κ2) is 7.22. The zero-order valence-corrected chi connectivity index (χ0v) is 13.0. The predicted octanol–water partition coefficient (Wildman–Crippen LogP) is 2.25. The fourth-order valence-corrected chi connectivity index (χ4v) is 1.81. The molecular formula is C16H23NO4. The van der Waals surface area contributed by atoms with Crippen molar-refractivity contribution in [1.29, 1.82) is 0 Å². The molecule has 1 rings (SSSR count). The summed E-state index contributed by atoms with van der Waals surface area (Å²) in [6.07, 6.45) is 0. The lowest BCUT2D eigenvalue weighted by Crippen LogP contribution is -2.31. The van der Waals surface area contributed by atoms with E-state index < -0.39 is 11.5 Å². The quantitative estimate of drug-likeness (QED) is 0.842. The molecule has 0 fully saturated rings. The number of nitrogens with two attached hydrogens (primary N) is 1. The number of rotatable bonds is 5. The maximum Gasteiger partial charge on any atom is 0.338 e. The number of benzene rings is 1. The van der Waals surface area contributed by atoms with Crippen LogP contribution in [0.15, 0.2) is 24.3 Å². The van der Waals surface area contributed by atoms with Crippen molar-refractivity contribution < 1.29 is 19.1 Å². The van der Waals surface area contributed by atoms with E-state index in [9.17, 15) is 9.59 Å². The van der Waals surface area contributed by atoms with E-state index in [1.807, 2.05) is 20.8 Å². The summed E-state index contributed by atoms with van der Waals surface area (Å²) in [7, 11) is 0. The van der Waals surface area contributed by atoms with Crippen LogP contribution in [0.5, 0.6) is 0 Å². The maximum atomic E-state index is 12.1. The minimum absolute atomic E-state index is 0.146. The van der Waals surface area contributed by atoms with E-state index in [0.717, 1.165) is 5.56 Å². The van der Waals surface area contributed by atoms with Crippen LogP contribution in [0.1, 0.15) is 49.5 Å². The average Bonchev–Trinajstić information content (AvgIpc) is 2.38. The van der Waals surface area contributed by atoms with Gasteiger partial charge >= 0.3 is 11.9 Å². The predicted molar refractivity (Wildman–Crippen MR) is 80.0 cm³/mol. The van der Waals surface area contributed by atoms with E-state index in [1.165, 1.54) is 0 Å². The van der Waals surface area contributed by atoms with E-state index in [-0.39, 0.29) is 18.5 Å². The van der Waals surface area contributed by atoms with Gasteiger partial charge in [-0.1, -0.05) is 12.1 Å². The number of hydrogen-bond acceptors (Lipinski definition) is 5. The summed E-state index contributed by atoms with van der Waals surface area (Å²) in [6.45, 7) is 7.64. The summed E-state index contributed by atoms with van der Waals surface area (Å²) < 4.78 is 10.3. The molecule has 1 aromatic rings. The van der Waals surface area contributed by atoms with E-state index in [2.05, 4.69) is 0 Å². The van der Waals surface area contributed by atoms with Crippen LogP contribution in [0.25, 0.3) is 0 Å². The number of carbonyl (C=O) groups is 2. The van der Waals surface area contributed by atoms with Gasteiger partial charge in [0.1, 0.15) is 5.60 Å². The number of hydrogen-bond donors (Lipinski definition) is 1. The molecule has 0 aliphatic heterocycles. The molecule has 5 heteroatoms. The lowest BCUT2D eigenvalue weighted by molar-refractivity contribution is -0.156. The Kier molecular flexibility index (Phi) is 5.90. The van der Waals surface area contributed by atoms with Gasteiger partial charge in [-0.05, 0) is 45.4 Å². The Hall–Kier alpha value is -1.88. The third-order valence-corrected chi connectivity index (χ3v) is 2.75. The Morgan fingerprint density at radius 2 is 1.76 bits per heavy atom. The van der Waals surface area contributed by atoms with Gasteiger partial charge in [0.2, 0.25) is 0 Å². The van der Waals surface area contributed by atoms with Gasteiger partial charge in [-0.3, -0.25) is 4.79 Å². The Bertz CT molecular complexity index is 488. The Morgan fingerprint density at radius 1 is 1.19 bits per heavy atom. The molecule has 0 spiro atoms. The van der Waals surface area contributed by atoms with Crippen molar-refractivity contribution in [1.82, 2.24) is 0 Å². The molecule has 5 nitrogen and oxygen atoms in total. The summed E-state index contributed by atoms with van der Waals surface area (Å²) >= 11 is 0. The molecule has 0 aliphatic carbocycles. The van der Waals surface area contributed by atoms with Crippen LogP contribution in [0.2, 0.25) is 0 Å². The highest BCUT2D eigenvalue weighted by Gasteiger charge is 2.25. The molecular weight excluding hydrogens is 270 g/mol. The molecule has 0 aromatic heterocycles. The Labute approximate surface area is 125 Å². The van der Waals surface area contributed by atoms with E-state index in [0.29, 0.717) is 12.2 Å². The molecule has 1 aromatic carbocycles. The fourth-order valence-electron chi connectivity index (χ4n) is 1.81. The number of esters is 2. The van der Waals surface area contributed by atoms with Gasteiger partial charge in [0.05, 0.1) is 18.1 Å². The lowest BCUT2D eigenvalue weighted by Gasteiger charge is -2.23. The van der Waals surface area contributed by atoms with Crippen molar-refractivity contribution in [2.24, 2.45) is 5.73 Å². The van der Waals surface area contributed by atoms with Gasteiger partial charge in [-0.15, -0.1) is 0 Å². The monoisotopic (exact) mass is 293 g/mol. The summed E-state index contributed by atoms with van der Waals surface area (Å²) in [6, 6.07) is 6.65. The summed E-state index contributed by atoms with van der Waals surface area (Å²) in [4.78, 5) is 23.7. The van der Waals surface area contributed by atoms with Gasteiger partial charge in [0.25, 0.3) is 0 Å². The van der Waals surface area contributed by atoms with E-state index in [4.69, 9.17) is 15.2 Å². The molecule has 2 N–H and O–H groups in total. The first-order valence-corrected chi connectivity index (χ1v) is 6.98. The Morgan fingerprint density at radius 3 is 2.19 bits per heavy atom. The lowest BCUT2D eigenvalue weighted by atomic mass is 9.98. The average molecular weight is 293 g/mol. The molecule has 0 aliphatic rings. The molecule has 1 atom stereocenters. The molecule has 21 heavy (non-hydrogen) atoms. The van der Waals surface area contributed by atoms with Crippen LogP contribution in [0.4, 0.5) is 0 Å². The molecule has 116 valence electrons. The molecule has 0 heterocycles. The second-order valence-corrected chi connectivity index (χ2v) is 5.66. The van der Waals surface area contributed by atoms with Crippen LogP contribution in [0.3, 0.4) is 0 Å². The van der Waals surface area contributed by atoms with Crippen molar-refractivity contribution in [2.45, 2.75) is 39.2 Å². The smallest absolute Gasteiger partial charge is 0.338 e. The Balaban J connectivity index is 2.87. The largest absolute Gasteiger partial charge is 0.462 e. The highest BCUT2D eigenvalue weighted by molar-refractivity contribution is 5.89. The van der Waals surface area contributed by atoms with Crippen LogP contribution in [0, 0.1) is 0 Å². The van der Waals surface area contributed by atoms with Crippen molar-refractivity contribution in [3.8, 4) is 0 Å². The van der Waals surface area contributed by atoms with Crippen molar-refractivity contribution >= 4 is 11.9 Å². The van der Waals surface area contributed by atoms with Gasteiger partial charge in [-0.2, -0.15) is 0 Å². The third-order valence-electron chi connectivity index (χ3n) is 2.75. The SMILES string of the molecule is CCOC(=O)c1ccc(C(CN)C(=O)OC(C)(C)C)cc1. The minimum atomic E-state index is -0.560. The number of carbonyl (C=O) groups excluding carboxylic acids is 2. The molecule has 0 amide bonds. The number of ether oxygens (including phenoxy) is 2. The zero-order chi connectivity index (χ0) is 16.0. The fraction of sp³-hybridized carbons (Fsp3) is 0.500. The van der Waals surface area contributed by atoms with Crippen LogP contribution >= 0.6 is 0 Å². The maximum absolute atomic E-state index is 12.1. The minimum Gasteiger partial charge on any atom is -0.462 e. The molecule has 0 saturated heterocycles.